The summed E-state index contributed by atoms with van der Waals surface area (Å²) in [6.07, 6.45) is 4.08. The maximum absolute atomic E-state index is 12.4. The summed E-state index contributed by atoms with van der Waals surface area (Å²) < 4.78 is 0. The van der Waals surface area contributed by atoms with E-state index in [-0.39, 0.29) is 16.6 Å². The van der Waals surface area contributed by atoms with E-state index < -0.39 is 0 Å². The Kier molecular flexibility index (Phi) is 4.14. The summed E-state index contributed by atoms with van der Waals surface area (Å²) in [5.41, 5.74) is -0.289. The third-order valence-electron chi connectivity index (χ3n) is 3.59. The highest BCUT2D eigenvalue weighted by Crippen LogP contribution is 2.33. The fourth-order valence-corrected chi connectivity index (χ4v) is 2.45. The van der Waals surface area contributed by atoms with Crippen molar-refractivity contribution in [2.45, 2.75) is 26.2 Å². The smallest absolute Gasteiger partial charge is 0.231 e. The van der Waals surface area contributed by atoms with E-state index in [0.717, 1.165) is 32.4 Å². The zero-order valence-electron chi connectivity index (χ0n) is 10.4. The van der Waals surface area contributed by atoms with E-state index in [1.807, 2.05) is 0 Å². The van der Waals surface area contributed by atoms with Crippen LogP contribution in [0.25, 0.3) is 0 Å². The number of hydrogen-bond acceptors (Lipinski definition) is 4. The van der Waals surface area contributed by atoms with Crippen LogP contribution in [0.2, 0.25) is 5.28 Å². The molecule has 6 heteroatoms. The van der Waals surface area contributed by atoms with Gasteiger partial charge in [-0.05, 0) is 50.0 Å². The molecule has 1 aliphatic rings. The van der Waals surface area contributed by atoms with Crippen molar-refractivity contribution in [3.05, 3.63) is 17.5 Å². The topological polar surface area (TPSA) is 66.9 Å². The van der Waals surface area contributed by atoms with E-state index in [1.165, 1.54) is 6.20 Å². The molecular weight excluding hydrogens is 252 g/mol. The highest BCUT2D eigenvalue weighted by atomic mass is 35.5. The Hall–Kier alpha value is -1.20. The number of halogens is 1. The van der Waals surface area contributed by atoms with Gasteiger partial charge in [-0.1, -0.05) is 6.92 Å². The summed E-state index contributed by atoms with van der Waals surface area (Å²) in [4.78, 5) is 20.2. The molecule has 18 heavy (non-hydrogen) atoms. The van der Waals surface area contributed by atoms with Crippen molar-refractivity contribution >= 4 is 23.3 Å². The van der Waals surface area contributed by atoms with Gasteiger partial charge < -0.3 is 10.6 Å². The average molecular weight is 269 g/mol. The lowest BCUT2D eigenvalue weighted by Gasteiger charge is -2.35. The average Bonchev–Trinajstić information content (AvgIpc) is 2.39. The molecule has 2 N–H and O–H groups in total. The van der Waals surface area contributed by atoms with Gasteiger partial charge in [-0.15, -0.1) is 0 Å². The van der Waals surface area contributed by atoms with E-state index in [1.54, 1.807) is 6.07 Å². The number of hydrogen-bond donors (Lipinski definition) is 2. The van der Waals surface area contributed by atoms with Gasteiger partial charge in [0.2, 0.25) is 11.2 Å². The Bertz CT molecular complexity index is 432. The van der Waals surface area contributed by atoms with Crippen molar-refractivity contribution in [1.82, 2.24) is 15.3 Å². The van der Waals surface area contributed by atoms with Gasteiger partial charge >= 0.3 is 0 Å². The molecule has 0 aliphatic carbocycles. The molecule has 5 nitrogen and oxygen atoms in total. The minimum absolute atomic E-state index is 0.0290. The molecule has 2 rings (SSSR count). The summed E-state index contributed by atoms with van der Waals surface area (Å²) in [5, 5.41) is 6.26. The lowest BCUT2D eigenvalue weighted by molar-refractivity contribution is -0.127. The standard InChI is InChI=1S/C12H17ClN4O/c1-2-12(4-7-14-8-5-12)10(18)16-9-3-6-15-11(13)17-9/h3,6,14H,2,4-5,7-8H2,1H3,(H,15,16,17,18). The van der Waals surface area contributed by atoms with Crippen LogP contribution in [0.4, 0.5) is 5.82 Å². The molecule has 0 atom stereocenters. The molecular formula is C12H17ClN4O. The van der Waals surface area contributed by atoms with Crippen LogP contribution in [0.1, 0.15) is 26.2 Å². The first kappa shape index (κ1) is 13.2. The zero-order valence-corrected chi connectivity index (χ0v) is 11.1. The Balaban J connectivity index is 2.10. The first-order chi connectivity index (χ1) is 8.66. The van der Waals surface area contributed by atoms with E-state index in [4.69, 9.17) is 11.6 Å². The van der Waals surface area contributed by atoms with Crippen molar-refractivity contribution in [3.8, 4) is 0 Å². The number of nitrogens with zero attached hydrogens (tertiary/aromatic N) is 2. The van der Waals surface area contributed by atoms with Crippen LogP contribution in [0.5, 0.6) is 0 Å². The van der Waals surface area contributed by atoms with Crippen LogP contribution >= 0.6 is 11.6 Å². The van der Waals surface area contributed by atoms with Crippen LogP contribution in [0, 0.1) is 5.41 Å². The Morgan fingerprint density at radius 3 is 2.89 bits per heavy atom. The lowest BCUT2D eigenvalue weighted by atomic mass is 9.76. The SMILES string of the molecule is CCC1(C(=O)Nc2ccnc(Cl)n2)CCNCC1. The highest BCUT2D eigenvalue weighted by Gasteiger charge is 2.37. The summed E-state index contributed by atoms with van der Waals surface area (Å²) in [6, 6.07) is 1.65. The molecule has 2 heterocycles. The molecule has 1 saturated heterocycles. The zero-order chi connectivity index (χ0) is 13.0. The van der Waals surface area contributed by atoms with Crippen LogP contribution in [0.15, 0.2) is 12.3 Å². The van der Waals surface area contributed by atoms with Crippen LogP contribution in [-0.4, -0.2) is 29.0 Å². The number of nitrogens with one attached hydrogen (secondary N) is 2. The number of carbonyl (C=O) groups excluding carboxylic acids is 1. The van der Waals surface area contributed by atoms with Crippen molar-refractivity contribution in [3.63, 3.8) is 0 Å². The van der Waals surface area contributed by atoms with E-state index >= 15 is 0 Å². The predicted octanol–water partition coefficient (Wildman–Crippen LogP) is 1.85. The number of rotatable bonds is 3. The van der Waals surface area contributed by atoms with Gasteiger partial charge in [0.1, 0.15) is 5.82 Å². The molecule has 0 aromatic carbocycles. The summed E-state index contributed by atoms with van der Waals surface area (Å²) in [7, 11) is 0. The van der Waals surface area contributed by atoms with Gasteiger partial charge in [0.15, 0.2) is 0 Å². The van der Waals surface area contributed by atoms with E-state index in [0.29, 0.717) is 5.82 Å². The normalized spacial score (nSPS) is 18.3. The van der Waals surface area contributed by atoms with Gasteiger partial charge in [0, 0.05) is 6.20 Å². The number of piperidine rings is 1. The van der Waals surface area contributed by atoms with Gasteiger partial charge in [-0.2, -0.15) is 0 Å². The molecule has 1 fully saturated rings. The Morgan fingerprint density at radius 1 is 1.56 bits per heavy atom. The van der Waals surface area contributed by atoms with E-state index in [2.05, 4.69) is 27.5 Å². The molecule has 0 bridgehead atoms. The minimum atomic E-state index is -0.289. The monoisotopic (exact) mass is 268 g/mol. The number of amides is 1. The van der Waals surface area contributed by atoms with Gasteiger partial charge in [-0.25, -0.2) is 9.97 Å². The maximum Gasteiger partial charge on any atom is 0.231 e. The number of anilines is 1. The third-order valence-corrected chi connectivity index (χ3v) is 3.77. The minimum Gasteiger partial charge on any atom is -0.317 e. The van der Waals surface area contributed by atoms with Crippen molar-refractivity contribution < 1.29 is 4.79 Å². The fourth-order valence-electron chi connectivity index (χ4n) is 2.30. The Morgan fingerprint density at radius 2 is 2.28 bits per heavy atom. The molecule has 98 valence electrons. The van der Waals surface area contributed by atoms with Gasteiger partial charge in [-0.3, -0.25) is 4.79 Å². The van der Waals surface area contributed by atoms with Crippen LogP contribution in [-0.2, 0) is 4.79 Å². The molecule has 0 saturated carbocycles. The van der Waals surface area contributed by atoms with Gasteiger partial charge in [0.05, 0.1) is 5.41 Å². The predicted molar refractivity (Wildman–Crippen MR) is 70.5 cm³/mol. The first-order valence-corrected chi connectivity index (χ1v) is 6.55. The second-order valence-electron chi connectivity index (χ2n) is 4.55. The molecule has 1 amide bonds. The Labute approximate surface area is 111 Å². The summed E-state index contributed by atoms with van der Waals surface area (Å²) >= 11 is 5.70. The molecule has 1 aliphatic heterocycles. The number of carbonyl (C=O) groups is 1. The second-order valence-corrected chi connectivity index (χ2v) is 4.89. The van der Waals surface area contributed by atoms with E-state index in [9.17, 15) is 4.79 Å². The molecule has 0 spiro atoms. The molecule has 1 aromatic heterocycles. The maximum atomic E-state index is 12.4. The molecule has 0 unspecified atom stereocenters. The highest BCUT2D eigenvalue weighted by molar-refractivity contribution is 6.28. The molecule has 1 aromatic rings. The van der Waals surface area contributed by atoms with Crippen molar-refractivity contribution in [1.29, 1.82) is 0 Å². The number of aromatic nitrogens is 2. The molecule has 0 radical (unpaired) electrons. The van der Waals surface area contributed by atoms with Gasteiger partial charge in [0.25, 0.3) is 0 Å². The fraction of sp³-hybridized carbons (Fsp3) is 0.583. The van der Waals surface area contributed by atoms with Crippen LogP contribution < -0.4 is 10.6 Å². The first-order valence-electron chi connectivity index (χ1n) is 6.17. The summed E-state index contributed by atoms with van der Waals surface area (Å²) in [6.45, 7) is 3.81. The van der Waals surface area contributed by atoms with Crippen molar-refractivity contribution in [2.75, 3.05) is 18.4 Å². The summed E-state index contributed by atoms with van der Waals surface area (Å²) in [5.74, 6) is 0.493. The van der Waals surface area contributed by atoms with Crippen molar-refractivity contribution in [2.24, 2.45) is 5.41 Å². The largest absolute Gasteiger partial charge is 0.317 e. The quantitative estimate of drug-likeness (QED) is 0.821. The third kappa shape index (κ3) is 2.79. The lowest BCUT2D eigenvalue weighted by Crippen LogP contribution is -2.44. The second kappa shape index (κ2) is 5.63. The van der Waals surface area contributed by atoms with Crippen LogP contribution in [0.3, 0.4) is 0 Å².